The highest BCUT2D eigenvalue weighted by Crippen LogP contribution is 2.32. The molecule has 1 aromatic heterocycles. The first-order valence-electron chi connectivity index (χ1n) is 16.3. The van der Waals surface area contributed by atoms with E-state index in [2.05, 4.69) is 16.0 Å². The molecule has 2 heterocycles. The molecule has 3 atom stereocenters. The summed E-state index contributed by atoms with van der Waals surface area (Å²) in [5, 5.41) is 9.32. The maximum Gasteiger partial charge on any atom is 0.289 e. The summed E-state index contributed by atoms with van der Waals surface area (Å²) in [6, 6.07) is 17.7. The van der Waals surface area contributed by atoms with Crippen molar-refractivity contribution in [3.05, 3.63) is 71.9 Å². The van der Waals surface area contributed by atoms with Gasteiger partial charge >= 0.3 is 0 Å². The normalized spacial score (nSPS) is 18.5. The van der Waals surface area contributed by atoms with E-state index in [9.17, 15) is 24.0 Å². The second-order valence-corrected chi connectivity index (χ2v) is 12.7. The second-order valence-electron chi connectivity index (χ2n) is 12.7. The van der Waals surface area contributed by atoms with Crippen molar-refractivity contribution >= 4 is 40.2 Å². The number of nitrogens with one attached hydrogen (secondary N) is 3. The van der Waals surface area contributed by atoms with Crippen molar-refractivity contribution in [3.8, 4) is 0 Å². The number of carbonyl (C=O) groups is 5. The lowest BCUT2D eigenvalue weighted by atomic mass is 9.80. The summed E-state index contributed by atoms with van der Waals surface area (Å²) in [6.45, 7) is 0.734. The zero-order valence-electron chi connectivity index (χ0n) is 26.1. The third-order valence-corrected chi connectivity index (χ3v) is 9.45. The van der Waals surface area contributed by atoms with Crippen LogP contribution in [0.4, 0.5) is 0 Å². The Hall–Kier alpha value is -4.27. The smallest absolute Gasteiger partial charge is 0.289 e. The van der Waals surface area contributed by atoms with E-state index in [-0.39, 0.29) is 31.1 Å². The van der Waals surface area contributed by atoms with Gasteiger partial charge in [0.15, 0.2) is 5.78 Å². The molecular formula is C36H44N4O5. The van der Waals surface area contributed by atoms with E-state index in [0.717, 1.165) is 48.6 Å². The molecule has 0 spiro atoms. The van der Waals surface area contributed by atoms with Gasteiger partial charge in [-0.3, -0.25) is 24.0 Å². The van der Waals surface area contributed by atoms with Crippen LogP contribution < -0.4 is 16.0 Å². The highest BCUT2D eigenvalue weighted by molar-refractivity contribution is 6.38. The Morgan fingerprint density at radius 3 is 2.38 bits per heavy atom. The molecule has 0 bridgehead atoms. The molecule has 3 N–H and O–H groups in total. The summed E-state index contributed by atoms with van der Waals surface area (Å²) in [5.74, 6) is -3.18. The van der Waals surface area contributed by atoms with Crippen molar-refractivity contribution in [2.75, 3.05) is 6.54 Å². The minimum Gasteiger partial charge on any atom is -0.356 e. The number of amides is 3. The first-order valence-corrected chi connectivity index (χ1v) is 16.3. The number of ketones is 2. The third-order valence-electron chi connectivity index (χ3n) is 9.45. The van der Waals surface area contributed by atoms with Crippen LogP contribution >= 0.6 is 0 Å². The first-order chi connectivity index (χ1) is 21.8. The fourth-order valence-corrected chi connectivity index (χ4v) is 6.88. The van der Waals surface area contributed by atoms with Crippen molar-refractivity contribution < 1.29 is 24.0 Å². The van der Waals surface area contributed by atoms with E-state index in [1.807, 2.05) is 72.3 Å². The molecular weight excluding hydrogens is 568 g/mol. The lowest BCUT2D eigenvalue weighted by molar-refractivity contribution is -0.141. The Balaban J connectivity index is 1.35. The fraction of sp³-hybridized carbons (Fsp3) is 0.472. The standard InChI is InChI=1S/C36H44N4O5/c1-40-30-17-9-8-15-26(30)21-31(40)32(41)22-28(19-24-11-4-2-5-12-24)35(44)39-29(20-27-16-10-18-37-34(27)43)33(42)36(45)38-23-25-13-6-3-7-14-25/h3,6-9,13-15,17,21,24,27-29H,2,4-5,10-12,16,18-20,22-23H2,1H3,(H,37,43)(H,38,45)(H,39,44)/t27-,28+,29-/m0/s1. The zero-order valence-corrected chi connectivity index (χ0v) is 26.1. The average Bonchev–Trinajstić information content (AvgIpc) is 3.40. The van der Waals surface area contributed by atoms with Gasteiger partial charge in [0.05, 0.1) is 11.7 Å². The quantitative estimate of drug-likeness (QED) is 0.192. The molecule has 9 nitrogen and oxygen atoms in total. The van der Waals surface area contributed by atoms with Crippen LogP contribution in [0.25, 0.3) is 10.9 Å². The van der Waals surface area contributed by atoms with Gasteiger partial charge < -0.3 is 20.5 Å². The van der Waals surface area contributed by atoms with Gasteiger partial charge in [0, 0.05) is 49.3 Å². The zero-order chi connectivity index (χ0) is 31.8. The molecule has 1 aliphatic carbocycles. The van der Waals surface area contributed by atoms with Gasteiger partial charge in [-0.1, -0.05) is 80.6 Å². The molecule has 45 heavy (non-hydrogen) atoms. The molecule has 2 aromatic carbocycles. The van der Waals surface area contributed by atoms with E-state index in [1.165, 1.54) is 6.42 Å². The number of para-hydroxylation sites is 1. The molecule has 3 aromatic rings. The van der Waals surface area contributed by atoms with Gasteiger partial charge in [0.2, 0.25) is 17.6 Å². The number of rotatable bonds is 13. The predicted octanol–water partition coefficient (Wildman–Crippen LogP) is 4.62. The number of Topliss-reactive ketones (excluding diaryl/α,β-unsaturated/α-hetero) is 2. The van der Waals surface area contributed by atoms with Gasteiger partial charge in [-0.05, 0) is 49.3 Å². The Morgan fingerprint density at radius 2 is 1.64 bits per heavy atom. The predicted molar refractivity (Wildman–Crippen MR) is 172 cm³/mol. The van der Waals surface area contributed by atoms with Crippen molar-refractivity contribution in [3.63, 3.8) is 0 Å². The van der Waals surface area contributed by atoms with E-state index in [0.29, 0.717) is 31.0 Å². The SMILES string of the molecule is Cn1c(C(=O)C[C@@H](CC2CCCCC2)C(=O)N[C@@H](C[C@@H]2CCCNC2=O)C(=O)C(=O)NCc2ccccc2)cc2ccccc21. The molecule has 0 unspecified atom stereocenters. The molecule has 9 heteroatoms. The third kappa shape index (κ3) is 8.26. The van der Waals surface area contributed by atoms with E-state index in [4.69, 9.17) is 0 Å². The molecule has 2 fully saturated rings. The average molecular weight is 613 g/mol. The van der Waals surface area contributed by atoms with Crippen LogP contribution in [-0.4, -0.2) is 46.4 Å². The van der Waals surface area contributed by atoms with Gasteiger partial charge in [-0.15, -0.1) is 0 Å². The number of piperidine rings is 1. The van der Waals surface area contributed by atoms with Gasteiger partial charge in [0.1, 0.15) is 0 Å². The minimum absolute atomic E-state index is 0.00246. The summed E-state index contributed by atoms with van der Waals surface area (Å²) in [6.07, 6.45) is 7.24. The maximum absolute atomic E-state index is 14.0. The lowest BCUT2D eigenvalue weighted by Gasteiger charge is -2.29. The summed E-state index contributed by atoms with van der Waals surface area (Å²) >= 11 is 0. The molecule has 3 amide bonds. The fourth-order valence-electron chi connectivity index (χ4n) is 6.88. The van der Waals surface area contributed by atoms with Crippen LogP contribution in [0.1, 0.15) is 80.3 Å². The molecule has 0 radical (unpaired) electrons. The Labute approximate surface area is 264 Å². The van der Waals surface area contributed by atoms with Crippen molar-refractivity contribution in [2.24, 2.45) is 24.8 Å². The second kappa shape index (κ2) is 15.1. The molecule has 5 rings (SSSR count). The summed E-state index contributed by atoms with van der Waals surface area (Å²) in [4.78, 5) is 67.0. The van der Waals surface area contributed by atoms with Crippen LogP contribution in [0.15, 0.2) is 60.7 Å². The number of carbonyl (C=O) groups excluding carboxylic acids is 5. The monoisotopic (exact) mass is 612 g/mol. The van der Waals surface area contributed by atoms with Crippen LogP contribution in [0.5, 0.6) is 0 Å². The minimum atomic E-state index is -1.18. The summed E-state index contributed by atoms with van der Waals surface area (Å²) < 4.78 is 1.86. The number of fused-ring (bicyclic) bond motifs is 1. The molecule has 2 aliphatic rings. The number of benzene rings is 2. The van der Waals surface area contributed by atoms with Crippen LogP contribution in [-0.2, 0) is 32.8 Å². The largest absolute Gasteiger partial charge is 0.356 e. The lowest BCUT2D eigenvalue weighted by Crippen LogP contribution is -2.51. The number of aryl methyl sites for hydroxylation is 1. The Morgan fingerprint density at radius 1 is 0.911 bits per heavy atom. The van der Waals surface area contributed by atoms with Crippen LogP contribution in [0.2, 0.25) is 0 Å². The number of nitrogens with zero attached hydrogens (tertiary/aromatic N) is 1. The van der Waals surface area contributed by atoms with Crippen molar-refractivity contribution in [1.29, 1.82) is 0 Å². The van der Waals surface area contributed by atoms with E-state index in [1.54, 1.807) is 0 Å². The maximum atomic E-state index is 14.0. The first kappa shape index (κ1) is 32.1. The van der Waals surface area contributed by atoms with Crippen LogP contribution in [0.3, 0.4) is 0 Å². The van der Waals surface area contributed by atoms with Crippen LogP contribution in [0, 0.1) is 17.8 Å². The topological polar surface area (TPSA) is 126 Å². The molecule has 1 saturated heterocycles. The number of hydrogen-bond acceptors (Lipinski definition) is 5. The molecule has 238 valence electrons. The number of aromatic nitrogens is 1. The van der Waals surface area contributed by atoms with Gasteiger partial charge in [-0.25, -0.2) is 0 Å². The van der Waals surface area contributed by atoms with E-state index < -0.39 is 35.5 Å². The molecule has 1 aliphatic heterocycles. The van der Waals surface area contributed by atoms with Gasteiger partial charge in [0.25, 0.3) is 5.91 Å². The van der Waals surface area contributed by atoms with Crippen molar-refractivity contribution in [2.45, 2.75) is 76.8 Å². The summed E-state index contributed by atoms with van der Waals surface area (Å²) in [7, 11) is 1.85. The highest BCUT2D eigenvalue weighted by Gasteiger charge is 2.36. The Bertz CT molecular complexity index is 1520. The van der Waals surface area contributed by atoms with Gasteiger partial charge in [-0.2, -0.15) is 0 Å². The van der Waals surface area contributed by atoms with Crippen molar-refractivity contribution in [1.82, 2.24) is 20.5 Å². The summed E-state index contributed by atoms with van der Waals surface area (Å²) in [5.41, 5.74) is 2.31. The highest BCUT2D eigenvalue weighted by atomic mass is 16.2. The Kier molecular flexibility index (Phi) is 10.8. The molecule has 1 saturated carbocycles. The van der Waals surface area contributed by atoms with E-state index >= 15 is 0 Å². The number of hydrogen-bond donors (Lipinski definition) is 3.